The van der Waals surface area contributed by atoms with E-state index >= 15 is 0 Å². The van der Waals surface area contributed by atoms with E-state index in [1.165, 1.54) is 5.56 Å². The number of fused-ring (bicyclic) bond motifs is 3. The summed E-state index contributed by atoms with van der Waals surface area (Å²) in [5.74, 6) is -0.190. The number of carbonyl (C=O) groups excluding carboxylic acids is 2. The molecule has 3 aromatic carbocycles. The minimum absolute atomic E-state index is 0.0598. The second kappa shape index (κ2) is 8.18. The molecule has 0 saturated heterocycles. The van der Waals surface area contributed by atoms with Crippen molar-refractivity contribution in [3.63, 3.8) is 0 Å². The average Bonchev–Trinajstić information content (AvgIpc) is 3.05. The highest BCUT2D eigenvalue weighted by Gasteiger charge is 2.28. The van der Waals surface area contributed by atoms with E-state index in [1.54, 1.807) is 13.0 Å². The van der Waals surface area contributed by atoms with E-state index in [-0.39, 0.29) is 11.6 Å². The van der Waals surface area contributed by atoms with Gasteiger partial charge in [-0.3, -0.25) is 9.59 Å². The summed E-state index contributed by atoms with van der Waals surface area (Å²) in [6, 6.07) is 20.5. The average molecular weight is 432 g/mol. The van der Waals surface area contributed by atoms with E-state index in [9.17, 15) is 9.59 Å². The smallest absolute Gasteiger partial charge is 0.192 e. The molecule has 0 spiro atoms. The third-order valence-electron chi connectivity index (χ3n) is 6.46. The SMILES string of the molecule is C=C1C=CCC=C(c2c(C(C)=O)n(Cc3ccccc3C)c3ccc4ccccc4c23)C1=O. The first-order valence-electron chi connectivity index (χ1n) is 11.2. The van der Waals surface area contributed by atoms with Crippen LogP contribution in [0.1, 0.15) is 40.5 Å². The third kappa shape index (κ3) is 3.46. The summed E-state index contributed by atoms with van der Waals surface area (Å²) >= 11 is 0. The van der Waals surface area contributed by atoms with Crippen LogP contribution in [-0.4, -0.2) is 16.1 Å². The lowest BCUT2D eigenvalue weighted by atomic mass is 9.92. The normalized spacial score (nSPS) is 14.1. The molecular weight excluding hydrogens is 406 g/mol. The Balaban J connectivity index is 1.91. The number of allylic oxidation sites excluding steroid dienone is 5. The zero-order valence-corrected chi connectivity index (χ0v) is 18.9. The van der Waals surface area contributed by atoms with Gasteiger partial charge >= 0.3 is 0 Å². The minimum atomic E-state index is -0.130. The standard InChI is InChI=1S/C30H25NO2/c1-19-10-4-6-13-23(19)18-31-26-17-16-22-12-7-9-14-24(22)27(26)28(29(31)21(3)32)25-15-8-5-11-20(2)30(25)33/h4-7,9-17H,2,8,18H2,1,3H3. The van der Waals surface area contributed by atoms with Crippen molar-refractivity contribution in [1.82, 2.24) is 4.57 Å². The number of aryl methyl sites for hydroxylation is 1. The van der Waals surface area contributed by atoms with Crippen molar-refractivity contribution in [2.24, 2.45) is 0 Å². The molecule has 162 valence electrons. The van der Waals surface area contributed by atoms with Crippen LogP contribution >= 0.6 is 0 Å². The molecule has 0 amide bonds. The zero-order chi connectivity index (χ0) is 23.1. The Hall–Kier alpha value is -3.98. The van der Waals surface area contributed by atoms with Gasteiger partial charge in [0.15, 0.2) is 11.6 Å². The van der Waals surface area contributed by atoms with Crippen molar-refractivity contribution in [2.75, 3.05) is 0 Å². The predicted octanol–water partition coefficient (Wildman–Crippen LogP) is 6.82. The van der Waals surface area contributed by atoms with Gasteiger partial charge in [-0.1, -0.05) is 79.4 Å². The van der Waals surface area contributed by atoms with Crippen LogP contribution in [0.5, 0.6) is 0 Å². The molecule has 5 rings (SSSR count). The number of aromatic nitrogens is 1. The first-order chi connectivity index (χ1) is 16.0. The van der Waals surface area contributed by atoms with Crippen molar-refractivity contribution in [1.29, 1.82) is 0 Å². The maximum Gasteiger partial charge on any atom is 0.192 e. The van der Waals surface area contributed by atoms with Crippen LogP contribution in [0.25, 0.3) is 27.2 Å². The topological polar surface area (TPSA) is 39.1 Å². The second-order valence-corrected chi connectivity index (χ2v) is 8.58. The van der Waals surface area contributed by atoms with Gasteiger partial charge in [0.2, 0.25) is 0 Å². The summed E-state index contributed by atoms with van der Waals surface area (Å²) in [4.78, 5) is 26.6. The monoisotopic (exact) mass is 431 g/mol. The molecule has 0 N–H and O–H groups in total. The molecule has 1 heterocycles. The van der Waals surface area contributed by atoms with Gasteiger partial charge < -0.3 is 4.57 Å². The highest BCUT2D eigenvalue weighted by molar-refractivity contribution is 6.35. The number of rotatable bonds is 4. The van der Waals surface area contributed by atoms with E-state index in [0.717, 1.165) is 32.8 Å². The Morgan fingerprint density at radius 3 is 2.58 bits per heavy atom. The fourth-order valence-electron chi connectivity index (χ4n) is 4.83. The molecule has 0 unspecified atom stereocenters. The number of Topliss-reactive ketones (excluding diaryl/α,β-unsaturated/α-hetero) is 2. The van der Waals surface area contributed by atoms with Gasteiger partial charge in [-0.2, -0.15) is 0 Å². The van der Waals surface area contributed by atoms with Crippen LogP contribution in [0.3, 0.4) is 0 Å². The molecule has 1 aliphatic carbocycles. The molecule has 0 fully saturated rings. The molecule has 0 atom stereocenters. The highest BCUT2D eigenvalue weighted by Crippen LogP contribution is 2.39. The molecule has 3 nitrogen and oxygen atoms in total. The zero-order valence-electron chi connectivity index (χ0n) is 18.9. The fourth-order valence-corrected chi connectivity index (χ4v) is 4.83. The molecule has 0 radical (unpaired) electrons. The molecular formula is C30H25NO2. The highest BCUT2D eigenvalue weighted by atomic mass is 16.1. The number of carbonyl (C=O) groups is 2. The second-order valence-electron chi connectivity index (χ2n) is 8.58. The number of ketones is 2. The van der Waals surface area contributed by atoms with Gasteiger partial charge in [-0.25, -0.2) is 0 Å². The first kappa shape index (κ1) is 20.9. The Kier molecular flexibility index (Phi) is 5.18. The summed E-state index contributed by atoms with van der Waals surface area (Å²) in [6.45, 7) is 8.19. The number of benzene rings is 3. The maximum atomic E-state index is 13.4. The Morgan fingerprint density at radius 1 is 1.03 bits per heavy atom. The quantitative estimate of drug-likeness (QED) is 0.263. The van der Waals surface area contributed by atoms with Gasteiger partial charge in [0, 0.05) is 35.6 Å². The Morgan fingerprint density at radius 2 is 1.79 bits per heavy atom. The molecule has 0 bridgehead atoms. The van der Waals surface area contributed by atoms with Crippen molar-refractivity contribution >= 4 is 38.8 Å². The fraction of sp³-hybridized carbons (Fsp3) is 0.133. The molecule has 0 aliphatic heterocycles. The maximum absolute atomic E-state index is 13.4. The first-order valence-corrected chi connectivity index (χ1v) is 11.2. The summed E-state index contributed by atoms with van der Waals surface area (Å²) in [6.07, 6.45) is 6.25. The number of nitrogens with zero attached hydrogens (tertiary/aromatic N) is 1. The molecule has 33 heavy (non-hydrogen) atoms. The summed E-state index contributed by atoms with van der Waals surface area (Å²) < 4.78 is 2.08. The van der Waals surface area contributed by atoms with E-state index in [0.29, 0.717) is 29.8 Å². The number of hydrogen-bond acceptors (Lipinski definition) is 2. The van der Waals surface area contributed by atoms with E-state index in [4.69, 9.17) is 0 Å². The van der Waals surface area contributed by atoms with Crippen LogP contribution in [0.2, 0.25) is 0 Å². The Bertz CT molecular complexity index is 1530. The number of hydrogen-bond donors (Lipinski definition) is 0. The van der Waals surface area contributed by atoms with Gasteiger partial charge in [0.1, 0.15) is 0 Å². The van der Waals surface area contributed by atoms with Gasteiger partial charge in [0.25, 0.3) is 0 Å². The molecule has 4 aromatic rings. The minimum Gasteiger partial charge on any atom is -0.333 e. The van der Waals surface area contributed by atoms with Crippen LogP contribution in [0.15, 0.2) is 91.0 Å². The van der Waals surface area contributed by atoms with Crippen molar-refractivity contribution in [3.05, 3.63) is 113 Å². The summed E-state index contributed by atoms with van der Waals surface area (Å²) in [5.41, 5.74) is 5.54. The molecule has 1 aliphatic rings. The predicted molar refractivity (Wildman–Crippen MR) is 136 cm³/mol. The van der Waals surface area contributed by atoms with E-state index < -0.39 is 0 Å². The largest absolute Gasteiger partial charge is 0.333 e. The van der Waals surface area contributed by atoms with Crippen molar-refractivity contribution in [3.8, 4) is 0 Å². The third-order valence-corrected chi connectivity index (χ3v) is 6.46. The summed E-state index contributed by atoms with van der Waals surface area (Å²) in [5, 5.41) is 3.06. The molecule has 1 aromatic heterocycles. The lowest BCUT2D eigenvalue weighted by molar-refractivity contribution is -0.110. The lowest BCUT2D eigenvalue weighted by Crippen LogP contribution is -2.12. The van der Waals surface area contributed by atoms with Crippen LogP contribution in [-0.2, 0) is 11.3 Å². The van der Waals surface area contributed by atoms with Gasteiger partial charge in [0.05, 0.1) is 11.2 Å². The molecule has 3 heteroatoms. The van der Waals surface area contributed by atoms with Crippen LogP contribution in [0.4, 0.5) is 0 Å². The van der Waals surface area contributed by atoms with Crippen LogP contribution < -0.4 is 0 Å². The molecule has 0 saturated carbocycles. The Labute approximate surface area is 193 Å². The van der Waals surface area contributed by atoms with Crippen LogP contribution in [0, 0.1) is 6.92 Å². The summed E-state index contributed by atoms with van der Waals surface area (Å²) in [7, 11) is 0. The van der Waals surface area contributed by atoms with Crippen molar-refractivity contribution in [2.45, 2.75) is 26.8 Å². The van der Waals surface area contributed by atoms with Gasteiger partial charge in [-0.05, 0) is 41.3 Å². The van der Waals surface area contributed by atoms with E-state index in [2.05, 4.69) is 54.5 Å². The van der Waals surface area contributed by atoms with Crippen molar-refractivity contribution < 1.29 is 9.59 Å². The van der Waals surface area contributed by atoms with E-state index in [1.807, 2.05) is 36.4 Å². The lowest BCUT2D eigenvalue weighted by Gasteiger charge is -2.13. The van der Waals surface area contributed by atoms with Gasteiger partial charge in [-0.15, -0.1) is 0 Å².